The molecule has 0 bridgehead atoms. The zero-order valence-electron chi connectivity index (χ0n) is 24.8. The van der Waals surface area contributed by atoms with Crippen LogP contribution < -0.4 is 0 Å². The molecule has 5 rings (SSSR count). The highest BCUT2D eigenvalue weighted by molar-refractivity contribution is 7.99. The predicted octanol–water partition coefficient (Wildman–Crippen LogP) is 3.23. The first kappa shape index (κ1) is 33.6. The molecule has 1 unspecified atom stereocenters. The highest BCUT2D eigenvalue weighted by Crippen LogP contribution is 2.40. The summed E-state index contributed by atoms with van der Waals surface area (Å²) in [6.45, 7) is 3.87. The second-order valence-corrected chi connectivity index (χ2v) is 15.2. The van der Waals surface area contributed by atoms with Gasteiger partial charge in [-0.1, -0.05) is 6.07 Å². The molecular formula is C29H41F4N5O4S2. The Morgan fingerprint density at radius 1 is 1.05 bits per heavy atom. The number of nitrogens with zero attached hydrogens (tertiary/aromatic N) is 5. The maximum Gasteiger partial charge on any atom is 0.417 e. The molecule has 2 N–H and O–H groups in total. The predicted molar refractivity (Wildman–Crippen MR) is 161 cm³/mol. The molecule has 0 saturated carbocycles. The second-order valence-electron chi connectivity index (χ2n) is 12.1. The fourth-order valence-electron chi connectivity index (χ4n) is 6.22. The lowest BCUT2D eigenvalue weighted by atomic mass is 10.0. The van der Waals surface area contributed by atoms with Crippen LogP contribution in [0.15, 0.2) is 23.1 Å². The van der Waals surface area contributed by atoms with Crippen molar-refractivity contribution in [3.63, 3.8) is 0 Å². The summed E-state index contributed by atoms with van der Waals surface area (Å²) in [6.07, 6.45) is -2.87. The Labute approximate surface area is 260 Å². The number of aliphatic hydroxyl groups is 2. The van der Waals surface area contributed by atoms with Crippen LogP contribution in [0.25, 0.3) is 11.3 Å². The lowest BCUT2D eigenvalue weighted by Crippen LogP contribution is -2.41. The molecule has 3 aliphatic heterocycles. The van der Waals surface area contributed by atoms with Crippen molar-refractivity contribution in [1.29, 1.82) is 0 Å². The topological polar surface area (TPSA) is 102 Å². The van der Waals surface area contributed by atoms with E-state index in [1.807, 2.05) is 0 Å². The quantitative estimate of drug-likeness (QED) is 0.295. The van der Waals surface area contributed by atoms with E-state index in [4.69, 9.17) is 5.10 Å². The van der Waals surface area contributed by atoms with Crippen molar-refractivity contribution in [1.82, 2.24) is 23.9 Å². The van der Waals surface area contributed by atoms with Gasteiger partial charge in [-0.05, 0) is 37.8 Å². The van der Waals surface area contributed by atoms with Crippen LogP contribution in [0.1, 0.15) is 42.5 Å². The van der Waals surface area contributed by atoms with E-state index in [0.717, 1.165) is 29.8 Å². The number of rotatable bonds is 10. The SMILES string of the molecule is CS(=O)(=O)N1CCc2c(c(-c3ccc(C(F)(F)F)c(SCCN4CCC(F)CC4)c3)nn2CC(O)CN2CCC(O)CC2)C1. The summed E-state index contributed by atoms with van der Waals surface area (Å²) in [5.74, 6) is 0.400. The number of aliphatic hydroxyl groups excluding tert-OH is 2. The number of β-amino-alcohol motifs (C(OH)–C–C–N with tert-alkyl or cyclic N) is 1. The molecule has 15 heteroatoms. The van der Waals surface area contributed by atoms with Crippen molar-refractivity contribution in [2.45, 2.75) is 74.6 Å². The molecule has 0 spiro atoms. The number of sulfonamides is 1. The molecule has 0 radical (unpaired) electrons. The van der Waals surface area contributed by atoms with Gasteiger partial charge in [-0.15, -0.1) is 11.8 Å². The number of fused-ring (bicyclic) bond motifs is 1. The summed E-state index contributed by atoms with van der Waals surface area (Å²) in [5, 5.41) is 25.5. The molecule has 2 aromatic rings. The molecule has 9 nitrogen and oxygen atoms in total. The first-order valence-corrected chi connectivity index (χ1v) is 17.9. The molecule has 0 aliphatic carbocycles. The molecule has 1 atom stereocenters. The number of hydrogen-bond acceptors (Lipinski definition) is 8. The van der Waals surface area contributed by atoms with E-state index in [0.29, 0.717) is 93.9 Å². The minimum absolute atomic E-state index is 0.0393. The van der Waals surface area contributed by atoms with Gasteiger partial charge in [0.25, 0.3) is 0 Å². The number of hydrogen-bond donors (Lipinski definition) is 2. The number of aromatic nitrogens is 2. The zero-order chi connectivity index (χ0) is 31.6. The average molecular weight is 664 g/mol. The summed E-state index contributed by atoms with van der Waals surface area (Å²) in [6, 6.07) is 3.90. The Morgan fingerprint density at radius 3 is 2.39 bits per heavy atom. The third-order valence-corrected chi connectivity index (χ3v) is 11.0. The maximum absolute atomic E-state index is 14.0. The molecule has 2 saturated heterocycles. The van der Waals surface area contributed by atoms with E-state index in [2.05, 4.69) is 9.80 Å². The van der Waals surface area contributed by atoms with Crippen molar-refractivity contribution in [2.75, 3.05) is 57.8 Å². The van der Waals surface area contributed by atoms with Crippen molar-refractivity contribution in [3.8, 4) is 11.3 Å². The molecule has 44 heavy (non-hydrogen) atoms. The minimum atomic E-state index is -4.56. The van der Waals surface area contributed by atoms with Crippen molar-refractivity contribution in [2.24, 2.45) is 0 Å². The highest BCUT2D eigenvalue weighted by atomic mass is 32.2. The molecule has 246 valence electrons. The molecule has 1 aromatic carbocycles. The van der Waals surface area contributed by atoms with E-state index in [9.17, 15) is 36.2 Å². The van der Waals surface area contributed by atoms with Crippen LogP contribution in [-0.4, -0.2) is 119 Å². The van der Waals surface area contributed by atoms with Gasteiger partial charge in [0, 0.05) is 86.2 Å². The van der Waals surface area contributed by atoms with E-state index < -0.39 is 34.0 Å². The third kappa shape index (κ3) is 8.34. The third-order valence-electron chi connectivity index (χ3n) is 8.72. The highest BCUT2D eigenvalue weighted by Gasteiger charge is 2.35. The van der Waals surface area contributed by atoms with Gasteiger partial charge >= 0.3 is 6.18 Å². The monoisotopic (exact) mass is 663 g/mol. The smallest absolute Gasteiger partial charge is 0.393 e. The fourth-order valence-corrected chi connectivity index (χ4v) is 8.13. The zero-order valence-corrected chi connectivity index (χ0v) is 26.5. The van der Waals surface area contributed by atoms with Crippen LogP contribution in [-0.2, 0) is 35.7 Å². The summed E-state index contributed by atoms with van der Waals surface area (Å²) >= 11 is 1.10. The van der Waals surface area contributed by atoms with E-state index in [1.165, 1.54) is 16.4 Å². The Bertz CT molecular complexity index is 1390. The number of benzene rings is 1. The fraction of sp³-hybridized carbons (Fsp3) is 0.690. The first-order valence-electron chi connectivity index (χ1n) is 15.1. The van der Waals surface area contributed by atoms with E-state index in [1.54, 1.807) is 4.68 Å². The van der Waals surface area contributed by atoms with Gasteiger partial charge in [0.05, 0.1) is 36.3 Å². The summed E-state index contributed by atoms with van der Waals surface area (Å²) in [5.41, 5.74) is 1.49. The minimum Gasteiger partial charge on any atom is -0.393 e. The molecule has 0 amide bonds. The number of piperidine rings is 2. The molecule has 3 aliphatic rings. The normalized spacial score (nSPS) is 21.1. The number of halogens is 4. The molecule has 2 fully saturated rings. The van der Waals surface area contributed by atoms with Crippen molar-refractivity contribution < 1.29 is 36.2 Å². The number of likely N-dealkylation sites (tertiary alicyclic amines) is 2. The Hall–Kier alpha value is -1.75. The van der Waals surface area contributed by atoms with E-state index in [-0.39, 0.29) is 30.6 Å². The van der Waals surface area contributed by atoms with Gasteiger partial charge in [0.1, 0.15) is 6.17 Å². The first-order chi connectivity index (χ1) is 20.8. The summed E-state index contributed by atoms with van der Waals surface area (Å²) < 4.78 is 83.4. The van der Waals surface area contributed by atoms with Crippen LogP contribution in [0.5, 0.6) is 0 Å². The summed E-state index contributed by atoms with van der Waals surface area (Å²) in [7, 11) is -3.53. The van der Waals surface area contributed by atoms with Gasteiger partial charge in [-0.3, -0.25) is 4.68 Å². The van der Waals surface area contributed by atoms with Crippen molar-refractivity contribution in [3.05, 3.63) is 35.0 Å². The summed E-state index contributed by atoms with van der Waals surface area (Å²) in [4.78, 5) is 4.20. The standard InChI is InChI=1S/C29H41F4N5O4S2/c1-44(41,42)37-13-8-26-24(19-37)28(34-38(26)18-23(40)17-36-11-6-22(39)7-12-36)20-2-3-25(29(31,32)33)27(16-20)43-15-14-35-9-4-21(30)5-10-35/h2-3,16,21-23,39-40H,4-15,17-19H2,1H3. The van der Waals surface area contributed by atoms with Gasteiger partial charge in [0.2, 0.25) is 10.0 Å². The largest absolute Gasteiger partial charge is 0.417 e. The Kier molecular flexibility index (Phi) is 10.6. The van der Waals surface area contributed by atoms with Gasteiger partial charge in [0.15, 0.2) is 0 Å². The molecule has 4 heterocycles. The second kappa shape index (κ2) is 13.9. The van der Waals surface area contributed by atoms with Crippen LogP contribution in [0.2, 0.25) is 0 Å². The van der Waals surface area contributed by atoms with Crippen molar-refractivity contribution >= 4 is 21.8 Å². The lowest BCUT2D eigenvalue weighted by Gasteiger charge is -2.31. The van der Waals surface area contributed by atoms with Crippen LogP contribution in [0.4, 0.5) is 17.6 Å². The lowest BCUT2D eigenvalue weighted by molar-refractivity contribution is -0.139. The molecular weight excluding hydrogens is 622 g/mol. The maximum atomic E-state index is 14.0. The Balaban J connectivity index is 1.41. The molecule has 1 aromatic heterocycles. The van der Waals surface area contributed by atoms with Gasteiger partial charge in [-0.2, -0.15) is 22.6 Å². The number of alkyl halides is 4. The van der Waals surface area contributed by atoms with Gasteiger partial charge in [-0.25, -0.2) is 12.8 Å². The van der Waals surface area contributed by atoms with Crippen LogP contribution in [0.3, 0.4) is 0 Å². The number of thioether (sulfide) groups is 1. The average Bonchev–Trinajstić information content (AvgIpc) is 3.31. The van der Waals surface area contributed by atoms with Crippen LogP contribution >= 0.6 is 11.8 Å². The van der Waals surface area contributed by atoms with Gasteiger partial charge < -0.3 is 20.0 Å². The van der Waals surface area contributed by atoms with E-state index >= 15 is 0 Å². The Morgan fingerprint density at radius 2 is 1.73 bits per heavy atom. The van der Waals surface area contributed by atoms with Crippen LogP contribution in [0, 0.1) is 0 Å².